The van der Waals surface area contributed by atoms with E-state index in [4.69, 9.17) is 21.1 Å². The van der Waals surface area contributed by atoms with Crippen LogP contribution in [0.4, 0.5) is 5.69 Å². The third-order valence-corrected chi connectivity index (χ3v) is 9.90. The minimum atomic E-state index is -3.75. The first-order valence-corrected chi connectivity index (χ1v) is 16.7. The second-order valence-corrected chi connectivity index (χ2v) is 13.4. The van der Waals surface area contributed by atoms with E-state index in [0.29, 0.717) is 30.0 Å². The van der Waals surface area contributed by atoms with Crippen molar-refractivity contribution in [1.29, 1.82) is 0 Å². The lowest BCUT2D eigenvalue weighted by Gasteiger charge is -2.17. The number of nitrogens with zero attached hydrogens (tertiary/aromatic N) is 1. The summed E-state index contributed by atoms with van der Waals surface area (Å²) in [6.07, 6.45) is 0.637. The lowest BCUT2D eigenvalue weighted by atomic mass is 9.97. The predicted octanol–water partition coefficient (Wildman–Crippen LogP) is 6.39. The fourth-order valence-electron chi connectivity index (χ4n) is 5.76. The molecule has 0 heterocycles. The molecule has 1 unspecified atom stereocenters. The molecule has 1 amide bonds. The number of amides is 1. The standard InChI is InChI=1S/C35H38ClN3O5S/c1-23-30(31-20-26(43-4)16-17-27(31)32(23)22-44-25-14-12-24(36)13-15-25)21-35(40)37-18-7-19-38-45(41,42)34-11-6-8-28-29(34)9-5-10-33(28)39(2)3/h5-6,8-17,20,32,38H,7,18-19,21-22H2,1-4H3,(H,37,40). The van der Waals surface area contributed by atoms with Crippen LogP contribution in [0.5, 0.6) is 11.5 Å². The van der Waals surface area contributed by atoms with Gasteiger partial charge in [-0.2, -0.15) is 0 Å². The van der Waals surface area contributed by atoms with E-state index >= 15 is 0 Å². The molecule has 0 radical (unpaired) electrons. The van der Waals surface area contributed by atoms with Crippen molar-refractivity contribution in [2.75, 3.05) is 45.8 Å². The van der Waals surface area contributed by atoms with Crippen LogP contribution in [0.3, 0.4) is 0 Å². The summed E-state index contributed by atoms with van der Waals surface area (Å²) in [6, 6.07) is 24.1. The molecule has 0 bridgehead atoms. The van der Waals surface area contributed by atoms with Crippen molar-refractivity contribution in [3.8, 4) is 11.5 Å². The maximum atomic E-state index is 13.2. The highest BCUT2D eigenvalue weighted by Gasteiger charge is 2.31. The van der Waals surface area contributed by atoms with Crippen molar-refractivity contribution in [2.24, 2.45) is 0 Å². The van der Waals surface area contributed by atoms with Gasteiger partial charge in [0.2, 0.25) is 15.9 Å². The summed E-state index contributed by atoms with van der Waals surface area (Å²) in [4.78, 5) is 15.3. The van der Waals surface area contributed by atoms with Gasteiger partial charge < -0.3 is 19.7 Å². The number of ether oxygens (including phenoxy) is 2. The number of rotatable bonds is 13. The van der Waals surface area contributed by atoms with Gasteiger partial charge >= 0.3 is 0 Å². The van der Waals surface area contributed by atoms with Crippen LogP contribution in [-0.4, -0.2) is 55.2 Å². The summed E-state index contributed by atoms with van der Waals surface area (Å²) in [5.74, 6) is 1.30. The van der Waals surface area contributed by atoms with Gasteiger partial charge in [-0.25, -0.2) is 13.1 Å². The number of anilines is 1. The fourth-order valence-corrected chi connectivity index (χ4v) is 7.18. The lowest BCUT2D eigenvalue weighted by Crippen LogP contribution is -2.30. The van der Waals surface area contributed by atoms with Crippen LogP contribution in [0, 0.1) is 0 Å². The molecule has 0 aromatic heterocycles. The average Bonchev–Trinajstić information content (AvgIpc) is 3.28. The van der Waals surface area contributed by atoms with E-state index in [1.54, 1.807) is 31.4 Å². The van der Waals surface area contributed by atoms with Crippen molar-refractivity contribution in [1.82, 2.24) is 10.0 Å². The van der Waals surface area contributed by atoms with Gasteiger partial charge in [0, 0.05) is 54.6 Å². The molecule has 4 aromatic carbocycles. The maximum absolute atomic E-state index is 13.2. The number of hydrogen-bond donors (Lipinski definition) is 2. The first kappa shape index (κ1) is 32.3. The molecule has 1 aliphatic carbocycles. The number of benzene rings is 4. The Morgan fingerprint density at radius 3 is 2.38 bits per heavy atom. The summed E-state index contributed by atoms with van der Waals surface area (Å²) < 4.78 is 40.7. The Hall–Kier alpha value is -4.05. The number of fused-ring (bicyclic) bond motifs is 2. The monoisotopic (exact) mass is 647 g/mol. The lowest BCUT2D eigenvalue weighted by molar-refractivity contribution is -0.120. The van der Waals surface area contributed by atoms with Gasteiger partial charge in [-0.15, -0.1) is 0 Å². The molecule has 236 valence electrons. The van der Waals surface area contributed by atoms with Crippen LogP contribution in [0.1, 0.15) is 36.8 Å². The van der Waals surface area contributed by atoms with E-state index < -0.39 is 10.0 Å². The maximum Gasteiger partial charge on any atom is 0.241 e. The Morgan fingerprint density at radius 2 is 1.64 bits per heavy atom. The molecular weight excluding hydrogens is 610 g/mol. The Labute approximate surface area is 270 Å². The van der Waals surface area contributed by atoms with Gasteiger partial charge in [-0.05, 0) is 78.6 Å². The Bertz CT molecular complexity index is 1840. The van der Waals surface area contributed by atoms with Crippen LogP contribution in [0.15, 0.2) is 89.3 Å². The van der Waals surface area contributed by atoms with Crippen molar-refractivity contribution in [3.63, 3.8) is 0 Å². The highest BCUT2D eigenvalue weighted by Crippen LogP contribution is 2.44. The molecule has 0 saturated heterocycles. The second kappa shape index (κ2) is 13.9. The zero-order valence-corrected chi connectivity index (χ0v) is 27.5. The van der Waals surface area contributed by atoms with Gasteiger partial charge in [0.05, 0.1) is 25.0 Å². The molecule has 45 heavy (non-hydrogen) atoms. The molecule has 1 atom stereocenters. The van der Waals surface area contributed by atoms with Crippen LogP contribution in [0.25, 0.3) is 16.3 Å². The van der Waals surface area contributed by atoms with Gasteiger partial charge in [-0.3, -0.25) is 4.79 Å². The van der Waals surface area contributed by atoms with E-state index in [9.17, 15) is 13.2 Å². The predicted molar refractivity (Wildman–Crippen MR) is 181 cm³/mol. The van der Waals surface area contributed by atoms with Crippen LogP contribution >= 0.6 is 11.6 Å². The highest BCUT2D eigenvalue weighted by atomic mass is 35.5. The topological polar surface area (TPSA) is 97.0 Å². The molecule has 5 rings (SSSR count). The highest BCUT2D eigenvalue weighted by molar-refractivity contribution is 7.89. The van der Waals surface area contributed by atoms with Crippen molar-refractivity contribution in [3.05, 3.63) is 101 Å². The largest absolute Gasteiger partial charge is 0.497 e. The summed E-state index contributed by atoms with van der Waals surface area (Å²) >= 11 is 6.01. The number of hydrogen-bond acceptors (Lipinski definition) is 6. The quantitative estimate of drug-likeness (QED) is 0.163. The van der Waals surface area contributed by atoms with Crippen molar-refractivity contribution in [2.45, 2.75) is 30.6 Å². The third kappa shape index (κ3) is 7.27. The molecule has 0 fully saturated rings. The number of carbonyl (C=O) groups is 1. The minimum Gasteiger partial charge on any atom is -0.497 e. The molecule has 8 nitrogen and oxygen atoms in total. The molecule has 4 aromatic rings. The first-order valence-electron chi connectivity index (χ1n) is 14.8. The summed E-state index contributed by atoms with van der Waals surface area (Å²) in [6.45, 7) is 2.99. The molecule has 0 aliphatic heterocycles. The van der Waals surface area contributed by atoms with Gasteiger partial charge in [0.15, 0.2) is 0 Å². The van der Waals surface area contributed by atoms with E-state index in [1.807, 2.05) is 80.5 Å². The van der Waals surface area contributed by atoms with E-state index in [-0.39, 0.29) is 29.7 Å². The van der Waals surface area contributed by atoms with Crippen LogP contribution in [0.2, 0.25) is 5.02 Å². The van der Waals surface area contributed by atoms with E-state index in [2.05, 4.69) is 10.0 Å². The first-order chi connectivity index (χ1) is 21.6. The molecule has 0 saturated carbocycles. The molecule has 10 heteroatoms. The summed E-state index contributed by atoms with van der Waals surface area (Å²) in [5, 5.41) is 5.13. The van der Waals surface area contributed by atoms with E-state index in [0.717, 1.165) is 44.8 Å². The van der Waals surface area contributed by atoms with E-state index in [1.165, 1.54) is 0 Å². The SMILES string of the molecule is COc1ccc2c(c1)C(CC(=O)NCCCNS(=O)(=O)c1cccc3c(N(C)C)cccc13)=C(C)C2COc1ccc(Cl)cc1. The van der Waals surface area contributed by atoms with Crippen LogP contribution in [-0.2, 0) is 14.8 Å². The molecule has 1 aliphatic rings. The Kier molecular flexibility index (Phi) is 10.0. The molecule has 0 spiro atoms. The Morgan fingerprint density at radius 1 is 0.933 bits per heavy atom. The molecular formula is C35H38ClN3O5S. The number of methoxy groups -OCH3 is 1. The fraction of sp³-hybridized carbons (Fsp3) is 0.286. The summed E-state index contributed by atoms with van der Waals surface area (Å²) in [5.41, 5.74) is 5.03. The zero-order valence-electron chi connectivity index (χ0n) is 25.9. The zero-order chi connectivity index (χ0) is 32.1. The smallest absolute Gasteiger partial charge is 0.241 e. The third-order valence-electron chi connectivity index (χ3n) is 8.13. The number of carbonyl (C=O) groups excluding carboxylic acids is 1. The number of nitrogens with one attached hydrogen (secondary N) is 2. The second-order valence-electron chi connectivity index (χ2n) is 11.2. The van der Waals surface area contributed by atoms with Gasteiger partial charge in [0.25, 0.3) is 0 Å². The Balaban J connectivity index is 1.19. The molecule has 2 N–H and O–H groups in total. The van der Waals surface area contributed by atoms with Crippen molar-refractivity contribution < 1.29 is 22.7 Å². The summed E-state index contributed by atoms with van der Waals surface area (Å²) in [7, 11) is 1.73. The number of halogens is 1. The minimum absolute atomic E-state index is 0.0123. The van der Waals surface area contributed by atoms with Crippen molar-refractivity contribution >= 4 is 49.6 Å². The van der Waals surface area contributed by atoms with Gasteiger partial charge in [0.1, 0.15) is 11.5 Å². The average molecular weight is 648 g/mol. The van der Waals surface area contributed by atoms with Gasteiger partial charge in [-0.1, -0.05) is 47.5 Å². The number of sulfonamides is 1. The normalized spacial score (nSPS) is 14.4. The van der Waals surface area contributed by atoms with Crippen LogP contribution < -0.4 is 24.4 Å².